The maximum Gasteiger partial charge on any atom is 0.159 e. The zero-order chi connectivity index (χ0) is 37.3. The van der Waals surface area contributed by atoms with Crippen molar-refractivity contribution in [2.75, 3.05) is 55.2 Å². The Morgan fingerprint density at radius 3 is 0.745 bits per heavy atom. The van der Waals surface area contributed by atoms with E-state index in [4.69, 9.17) is 33.2 Å². The molecule has 0 atom stereocenters. The van der Waals surface area contributed by atoms with Crippen molar-refractivity contribution in [1.29, 1.82) is 0 Å². The fourth-order valence-electron chi connectivity index (χ4n) is 6.60. The van der Waals surface area contributed by atoms with Gasteiger partial charge in [-0.05, 0) is 12.8 Å². The molecular weight excluding hydrogens is 640 g/mol. The van der Waals surface area contributed by atoms with Crippen molar-refractivity contribution >= 4 is 0 Å². The first-order valence-electron chi connectivity index (χ1n) is 21.5. The predicted octanol–water partition coefficient (Wildman–Crippen LogP) is 13.7. The van der Waals surface area contributed by atoms with E-state index in [1.54, 1.807) is 28.4 Å². The Hall–Kier alpha value is -1.44. The van der Waals surface area contributed by atoms with E-state index >= 15 is 0 Å². The van der Waals surface area contributed by atoms with Gasteiger partial charge in [-0.2, -0.15) is 0 Å². The molecule has 0 rings (SSSR count). The Morgan fingerprint density at radius 1 is 0.275 bits per heavy atom. The third-order valence-corrected chi connectivity index (χ3v) is 9.92. The van der Waals surface area contributed by atoms with Crippen molar-refractivity contribution in [3.63, 3.8) is 0 Å². The van der Waals surface area contributed by atoms with Gasteiger partial charge in [0.15, 0.2) is 11.5 Å². The number of rotatable bonds is 42. The Bertz CT molecular complexity index is 705. The van der Waals surface area contributed by atoms with Crippen LogP contribution in [0.1, 0.15) is 206 Å². The fourth-order valence-corrected chi connectivity index (χ4v) is 6.60. The lowest BCUT2D eigenvalue weighted by Gasteiger charge is -2.15. The number of unbranched alkanes of at least 4 members (excludes halogenated alkanes) is 26. The van der Waals surface area contributed by atoms with Crippen LogP contribution in [0.5, 0.6) is 0 Å². The molecule has 51 heavy (non-hydrogen) atoms. The van der Waals surface area contributed by atoms with Gasteiger partial charge in [-0.25, -0.2) is 0 Å². The summed E-state index contributed by atoms with van der Waals surface area (Å²) in [4.78, 5) is 0. The average Bonchev–Trinajstić information content (AvgIpc) is 3.15. The van der Waals surface area contributed by atoms with Crippen LogP contribution in [-0.2, 0) is 33.2 Å². The van der Waals surface area contributed by atoms with Crippen molar-refractivity contribution in [2.24, 2.45) is 0 Å². The van der Waals surface area contributed by atoms with Crippen LogP contribution in [-0.4, -0.2) is 55.2 Å². The molecular formula is C44H86O7. The van der Waals surface area contributed by atoms with E-state index in [0.29, 0.717) is 13.2 Å². The summed E-state index contributed by atoms with van der Waals surface area (Å²) in [6, 6.07) is 0. The summed E-state index contributed by atoms with van der Waals surface area (Å²) in [6.07, 6.45) is 39.5. The molecule has 0 radical (unpaired) electrons. The summed E-state index contributed by atoms with van der Waals surface area (Å²) in [5.74, 6) is 3.14. The summed E-state index contributed by atoms with van der Waals surface area (Å²) in [7, 11) is 6.74. The normalized spacial score (nSPS) is 12.5. The van der Waals surface area contributed by atoms with Crippen LogP contribution >= 0.6 is 0 Å². The van der Waals surface area contributed by atoms with E-state index in [9.17, 15) is 0 Å². The van der Waals surface area contributed by atoms with Gasteiger partial charge in [0.25, 0.3) is 0 Å². The molecule has 0 amide bonds. The zero-order valence-electron chi connectivity index (χ0n) is 34.9. The third-order valence-electron chi connectivity index (χ3n) is 9.92. The Balaban J connectivity index is 3.97. The van der Waals surface area contributed by atoms with Crippen molar-refractivity contribution in [3.8, 4) is 0 Å². The summed E-state index contributed by atoms with van der Waals surface area (Å²) in [5, 5.41) is 0. The van der Waals surface area contributed by atoms with Gasteiger partial charge in [0.05, 0.1) is 28.4 Å². The summed E-state index contributed by atoms with van der Waals surface area (Å²) < 4.78 is 39.4. The summed E-state index contributed by atoms with van der Waals surface area (Å²) in [5.41, 5.74) is 0. The smallest absolute Gasteiger partial charge is 0.159 e. The van der Waals surface area contributed by atoms with E-state index in [1.165, 1.54) is 167 Å². The molecule has 0 saturated heterocycles. The molecule has 0 fully saturated rings. The topological polar surface area (TPSA) is 64.6 Å². The minimum absolute atomic E-state index is 0.102. The van der Waals surface area contributed by atoms with E-state index in [0.717, 1.165) is 48.7 Å². The first-order valence-corrected chi connectivity index (χ1v) is 21.5. The fraction of sp³-hybridized carbons (Fsp3) is 0.909. The number of methoxy groups -OCH3 is 4. The van der Waals surface area contributed by atoms with Gasteiger partial charge < -0.3 is 33.2 Å². The lowest BCUT2D eigenvalue weighted by atomic mass is 10.0. The van der Waals surface area contributed by atoms with Crippen LogP contribution in [0.2, 0.25) is 0 Å². The highest BCUT2D eigenvalue weighted by atomic mass is 16.7. The molecule has 7 nitrogen and oxygen atoms in total. The van der Waals surface area contributed by atoms with Crippen LogP contribution in [0.4, 0.5) is 0 Å². The van der Waals surface area contributed by atoms with Gasteiger partial charge in [0.1, 0.15) is 38.3 Å². The van der Waals surface area contributed by atoms with Gasteiger partial charge >= 0.3 is 0 Å². The van der Waals surface area contributed by atoms with E-state index < -0.39 is 0 Å². The third kappa shape index (κ3) is 32.9. The molecule has 0 N–H and O–H groups in total. The van der Waals surface area contributed by atoms with Crippen LogP contribution < -0.4 is 0 Å². The molecule has 7 heteroatoms. The quantitative estimate of drug-likeness (QED) is 0.0352. The molecule has 0 unspecified atom stereocenters. The van der Waals surface area contributed by atoms with E-state index in [-0.39, 0.29) is 13.6 Å². The molecule has 304 valence electrons. The summed E-state index contributed by atoms with van der Waals surface area (Å²) in [6.45, 7) is 5.37. The first-order chi connectivity index (χ1) is 25.2. The number of allylic oxidation sites excluding steroid dienone is 2. The molecule has 0 heterocycles. The minimum Gasteiger partial charge on any atom is -0.498 e. The van der Waals surface area contributed by atoms with Crippen LogP contribution in [0.25, 0.3) is 0 Å². The largest absolute Gasteiger partial charge is 0.498 e. The van der Waals surface area contributed by atoms with Crippen LogP contribution in [0.15, 0.2) is 23.0 Å². The molecule has 0 aromatic rings. The Labute approximate surface area is 317 Å². The molecule has 0 aromatic heterocycles. The maximum atomic E-state index is 5.70. The van der Waals surface area contributed by atoms with Crippen molar-refractivity contribution < 1.29 is 33.2 Å². The molecule has 0 aromatic carbocycles. The summed E-state index contributed by atoms with van der Waals surface area (Å²) >= 11 is 0. The highest BCUT2D eigenvalue weighted by Gasteiger charge is 2.11. The number of hydrogen-bond donors (Lipinski definition) is 0. The van der Waals surface area contributed by atoms with Gasteiger partial charge in [-0.15, -0.1) is 0 Å². The number of hydrogen-bond acceptors (Lipinski definition) is 7. The average molecular weight is 727 g/mol. The highest BCUT2D eigenvalue weighted by Crippen LogP contribution is 2.20. The molecule has 0 aliphatic rings. The molecule has 0 aliphatic carbocycles. The van der Waals surface area contributed by atoms with Gasteiger partial charge in [0.2, 0.25) is 0 Å². The zero-order valence-corrected chi connectivity index (χ0v) is 34.9. The highest BCUT2D eigenvalue weighted by molar-refractivity contribution is 5.02. The molecule has 0 aliphatic heterocycles. The second kappa shape index (κ2) is 41.3. The van der Waals surface area contributed by atoms with E-state index in [2.05, 4.69) is 13.8 Å². The standard InChI is InChI=1S/C44H86O7/c1-7-9-11-13-15-17-19-21-23-25-27-29-31-33-35-41(45-3)43(47-5)37-49-39-51-40-50-38-44(48-6)42(46-4)36-34-32-30-28-26-24-22-20-18-16-14-12-10-8-2/h7-40H2,1-6H3. The first kappa shape index (κ1) is 49.6. The van der Waals surface area contributed by atoms with Gasteiger partial charge in [-0.1, -0.05) is 181 Å². The monoisotopic (exact) mass is 727 g/mol. The van der Waals surface area contributed by atoms with Crippen molar-refractivity contribution in [2.45, 2.75) is 206 Å². The van der Waals surface area contributed by atoms with Gasteiger partial charge in [-0.3, -0.25) is 0 Å². The van der Waals surface area contributed by atoms with Crippen LogP contribution in [0.3, 0.4) is 0 Å². The molecule has 0 bridgehead atoms. The Kier molecular flexibility index (Phi) is 40.2. The van der Waals surface area contributed by atoms with E-state index in [1.807, 2.05) is 0 Å². The second-order valence-electron chi connectivity index (χ2n) is 14.3. The lowest BCUT2D eigenvalue weighted by Crippen LogP contribution is -2.12. The van der Waals surface area contributed by atoms with Crippen molar-refractivity contribution in [3.05, 3.63) is 23.0 Å². The van der Waals surface area contributed by atoms with Crippen molar-refractivity contribution in [1.82, 2.24) is 0 Å². The molecule has 0 spiro atoms. The van der Waals surface area contributed by atoms with Crippen LogP contribution in [0, 0.1) is 0 Å². The second-order valence-corrected chi connectivity index (χ2v) is 14.3. The van der Waals surface area contributed by atoms with Gasteiger partial charge in [0, 0.05) is 12.8 Å². The lowest BCUT2D eigenvalue weighted by molar-refractivity contribution is -0.130. The predicted molar refractivity (Wildman–Crippen MR) is 215 cm³/mol. The Morgan fingerprint density at radius 2 is 0.510 bits per heavy atom. The number of ether oxygens (including phenoxy) is 7. The maximum absolute atomic E-state index is 5.70. The minimum atomic E-state index is 0.102. The SMILES string of the molecule is CCCCCCCCCCCCCCCCC(OC)=C(COCOCOCC(OC)=C(CCCCCCCCCCCCCCCC)OC)OC. The molecule has 0 saturated carbocycles.